The standard InChI is InChI=1S/C18H18N2O/c1-20-16-12-6-5-11-15(16)18(19-20)17(21)13-7-10-14-8-3-2-4-9-14/h2-6,8-9,11-12H,7,10,13H2,1H3. The van der Waals surface area contributed by atoms with Gasteiger partial charge in [-0.25, -0.2) is 0 Å². The van der Waals surface area contributed by atoms with Crippen LogP contribution in [0.15, 0.2) is 54.6 Å². The summed E-state index contributed by atoms with van der Waals surface area (Å²) in [6.45, 7) is 0. The van der Waals surface area contributed by atoms with Crippen LogP contribution in [0.1, 0.15) is 28.9 Å². The van der Waals surface area contributed by atoms with E-state index in [2.05, 4.69) is 17.2 Å². The second kappa shape index (κ2) is 5.92. The molecule has 3 heteroatoms. The minimum absolute atomic E-state index is 0.128. The van der Waals surface area contributed by atoms with Gasteiger partial charge in [0.1, 0.15) is 5.69 Å². The summed E-state index contributed by atoms with van der Waals surface area (Å²) >= 11 is 0. The van der Waals surface area contributed by atoms with Gasteiger partial charge in [0.25, 0.3) is 0 Å². The van der Waals surface area contributed by atoms with E-state index in [1.807, 2.05) is 49.5 Å². The number of hydrogen-bond acceptors (Lipinski definition) is 2. The lowest BCUT2D eigenvalue weighted by molar-refractivity contribution is 0.0976. The SMILES string of the molecule is Cn1nc(C(=O)CCCc2ccccc2)c2ccccc21. The summed E-state index contributed by atoms with van der Waals surface area (Å²) in [4.78, 5) is 12.4. The highest BCUT2D eigenvalue weighted by Crippen LogP contribution is 2.19. The van der Waals surface area contributed by atoms with Crippen molar-refractivity contribution in [1.29, 1.82) is 0 Å². The summed E-state index contributed by atoms with van der Waals surface area (Å²) < 4.78 is 1.78. The number of rotatable bonds is 5. The van der Waals surface area contributed by atoms with Crippen molar-refractivity contribution in [3.8, 4) is 0 Å². The highest BCUT2D eigenvalue weighted by atomic mass is 16.1. The quantitative estimate of drug-likeness (QED) is 0.666. The summed E-state index contributed by atoms with van der Waals surface area (Å²) in [7, 11) is 1.88. The number of fused-ring (bicyclic) bond motifs is 1. The molecule has 0 fully saturated rings. The normalized spacial score (nSPS) is 10.9. The second-order valence-corrected chi connectivity index (χ2v) is 5.25. The fourth-order valence-electron chi connectivity index (χ4n) is 2.64. The number of aryl methyl sites for hydroxylation is 2. The number of aromatic nitrogens is 2. The molecular formula is C18H18N2O. The van der Waals surface area contributed by atoms with E-state index in [1.165, 1.54) is 5.56 Å². The highest BCUT2D eigenvalue weighted by Gasteiger charge is 2.15. The minimum atomic E-state index is 0.128. The van der Waals surface area contributed by atoms with Gasteiger partial charge < -0.3 is 0 Å². The van der Waals surface area contributed by atoms with Gasteiger partial charge in [0.05, 0.1) is 5.52 Å². The van der Waals surface area contributed by atoms with Crippen LogP contribution in [-0.2, 0) is 13.5 Å². The van der Waals surface area contributed by atoms with Crippen molar-refractivity contribution in [2.75, 3.05) is 0 Å². The van der Waals surface area contributed by atoms with E-state index >= 15 is 0 Å². The monoisotopic (exact) mass is 278 g/mol. The van der Waals surface area contributed by atoms with Gasteiger partial charge in [-0.1, -0.05) is 48.5 Å². The van der Waals surface area contributed by atoms with Gasteiger partial charge in [0, 0.05) is 18.9 Å². The van der Waals surface area contributed by atoms with E-state index in [0.29, 0.717) is 12.1 Å². The van der Waals surface area contributed by atoms with E-state index in [-0.39, 0.29) is 5.78 Å². The third-order valence-electron chi connectivity index (χ3n) is 3.73. The molecule has 106 valence electrons. The average Bonchev–Trinajstić information content (AvgIpc) is 2.86. The molecule has 3 aromatic rings. The molecule has 0 aliphatic rings. The zero-order valence-electron chi connectivity index (χ0n) is 12.1. The molecule has 2 aromatic carbocycles. The van der Waals surface area contributed by atoms with Gasteiger partial charge in [-0.2, -0.15) is 5.10 Å². The van der Waals surface area contributed by atoms with Gasteiger partial charge in [-0.3, -0.25) is 9.48 Å². The Morgan fingerprint density at radius 2 is 1.76 bits per heavy atom. The van der Waals surface area contributed by atoms with Gasteiger partial charge >= 0.3 is 0 Å². The van der Waals surface area contributed by atoms with Crippen molar-refractivity contribution < 1.29 is 4.79 Å². The predicted molar refractivity (Wildman–Crippen MR) is 84.4 cm³/mol. The van der Waals surface area contributed by atoms with Crippen molar-refractivity contribution >= 4 is 16.7 Å². The van der Waals surface area contributed by atoms with Gasteiger partial charge in [-0.15, -0.1) is 0 Å². The predicted octanol–water partition coefficient (Wildman–Crippen LogP) is 3.78. The molecule has 0 saturated heterocycles. The summed E-state index contributed by atoms with van der Waals surface area (Å²) in [6.07, 6.45) is 2.32. The van der Waals surface area contributed by atoms with Gasteiger partial charge in [-0.05, 0) is 24.5 Å². The van der Waals surface area contributed by atoms with Gasteiger partial charge in [0.2, 0.25) is 0 Å². The second-order valence-electron chi connectivity index (χ2n) is 5.25. The lowest BCUT2D eigenvalue weighted by atomic mass is 10.0. The van der Waals surface area contributed by atoms with Crippen LogP contribution in [0.3, 0.4) is 0 Å². The molecule has 0 aliphatic heterocycles. The van der Waals surface area contributed by atoms with Crippen LogP contribution in [-0.4, -0.2) is 15.6 Å². The number of nitrogens with zero attached hydrogens (tertiary/aromatic N) is 2. The molecule has 1 heterocycles. The Morgan fingerprint density at radius 3 is 2.57 bits per heavy atom. The van der Waals surface area contributed by atoms with Crippen LogP contribution >= 0.6 is 0 Å². The fraction of sp³-hybridized carbons (Fsp3) is 0.222. The summed E-state index contributed by atoms with van der Waals surface area (Å²) in [5.41, 5.74) is 2.88. The van der Waals surface area contributed by atoms with E-state index < -0.39 is 0 Å². The Bertz CT molecular complexity index is 759. The molecule has 0 unspecified atom stereocenters. The maximum atomic E-state index is 12.4. The Kier molecular flexibility index (Phi) is 3.82. The van der Waals surface area contributed by atoms with Gasteiger partial charge in [0.15, 0.2) is 5.78 Å². The number of ketones is 1. The van der Waals surface area contributed by atoms with E-state index in [1.54, 1.807) is 4.68 Å². The Morgan fingerprint density at radius 1 is 1.05 bits per heavy atom. The molecule has 0 atom stereocenters. The molecular weight excluding hydrogens is 260 g/mol. The number of Topliss-reactive ketones (excluding diaryl/α,β-unsaturated/α-hetero) is 1. The first-order valence-corrected chi connectivity index (χ1v) is 7.24. The molecule has 0 spiro atoms. The molecule has 3 nitrogen and oxygen atoms in total. The van der Waals surface area contributed by atoms with Crippen molar-refractivity contribution in [2.45, 2.75) is 19.3 Å². The first-order valence-electron chi connectivity index (χ1n) is 7.24. The molecule has 0 amide bonds. The molecule has 21 heavy (non-hydrogen) atoms. The molecule has 0 radical (unpaired) electrons. The van der Waals surface area contributed by atoms with Crippen LogP contribution in [0.5, 0.6) is 0 Å². The van der Waals surface area contributed by atoms with Crippen molar-refractivity contribution in [1.82, 2.24) is 9.78 Å². The van der Waals surface area contributed by atoms with E-state index in [0.717, 1.165) is 23.7 Å². The molecule has 1 aromatic heterocycles. The lowest BCUT2D eigenvalue weighted by Crippen LogP contribution is -2.02. The van der Waals surface area contributed by atoms with Crippen LogP contribution in [0, 0.1) is 0 Å². The van der Waals surface area contributed by atoms with Crippen LogP contribution < -0.4 is 0 Å². The zero-order chi connectivity index (χ0) is 14.7. The zero-order valence-corrected chi connectivity index (χ0v) is 12.1. The number of carbonyl (C=O) groups excluding carboxylic acids is 1. The highest BCUT2D eigenvalue weighted by molar-refractivity contribution is 6.05. The average molecular weight is 278 g/mol. The summed E-state index contributed by atoms with van der Waals surface area (Å²) in [6, 6.07) is 18.1. The van der Waals surface area contributed by atoms with Crippen molar-refractivity contribution in [3.63, 3.8) is 0 Å². The van der Waals surface area contributed by atoms with Crippen LogP contribution in [0.2, 0.25) is 0 Å². The number of hydrogen-bond donors (Lipinski definition) is 0. The van der Waals surface area contributed by atoms with E-state index in [4.69, 9.17) is 0 Å². The summed E-state index contributed by atoms with van der Waals surface area (Å²) in [5, 5.41) is 5.33. The van der Waals surface area contributed by atoms with Crippen molar-refractivity contribution in [2.24, 2.45) is 7.05 Å². The smallest absolute Gasteiger partial charge is 0.183 e. The minimum Gasteiger partial charge on any atom is -0.292 e. The third kappa shape index (κ3) is 2.87. The Labute approximate surface area is 124 Å². The number of para-hydroxylation sites is 1. The first-order chi connectivity index (χ1) is 10.3. The molecule has 0 aliphatic carbocycles. The van der Waals surface area contributed by atoms with Crippen LogP contribution in [0.4, 0.5) is 0 Å². The third-order valence-corrected chi connectivity index (χ3v) is 3.73. The van der Waals surface area contributed by atoms with Crippen LogP contribution in [0.25, 0.3) is 10.9 Å². The lowest BCUT2D eigenvalue weighted by Gasteiger charge is -2.00. The molecule has 0 bridgehead atoms. The topological polar surface area (TPSA) is 34.9 Å². The number of carbonyl (C=O) groups is 1. The molecule has 0 saturated carbocycles. The Hall–Kier alpha value is -2.42. The largest absolute Gasteiger partial charge is 0.292 e. The fourth-order valence-corrected chi connectivity index (χ4v) is 2.64. The molecule has 3 rings (SSSR count). The number of benzene rings is 2. The van der Waals surface area contributed by atoms with Crippen molar-refractivity contribution in [3.05, 3.63) is 65.9 Å². The molecule has 0 N–H and O–H groups in total. The Balaban J connectivity index is 1.70. The maximum Gasteiger partial charge on any atom is 0.183 e. The summed E-state index contributed by atoms with van der Waals surface area (Å²) in [5.74, 6) is 0.128. The first kappa shape index (κ1) is 13.6. The van der Waals surface area contributed by atoms with E-state index in [9.17, 15) is 4.79 Å². The maximum absolute atomic E-state index is 12.4.